The molecule has 0 aliphatic rings. The van der Waals surface area contributed by atoms with Gasteiger partial charge in [0.25, 0.3) is 11.8 Å². The van der Waals surface area contributed by atoms with Crippen LogP contribution in [-0.2, 0) is 0 Å². The number of carbonyl (C=O) groups is 2. The Labute approximate surface area is 164 Å². The number of methoxy groups -OCH3 is 1. The van der Waals surface area contributed by atoms with E-state index in [2.05, 4.69) is 16.0 Å². The van der Waals surface area contributed by atoms with E-state index >= 15 is 0 Å². The molecule has 27 heavy (non-hydrogen) atoms. The zero-order valence-electron chi connectivity index (χ0n) is 15.5. The van der Waals surface area contributed by atoms with E-state index in [9.17, 15) is 9.59 Å². The molecule has 0 fully saturated rings. The molecule has 2 rings (SSSR count). The van der Waals surface area contributed by atoms with Crippen molar-refractivity contribution < 1.29 is 14.3 Å². The predicted molar refractivity (Wildman–Crippen MR) is 110 cm³/mol. The Hall–Kier alpha value is -2.93. The van der Waals surface area contributed by atoms with Gasteiger partial charge in [0.2, 0.25) is 0 Å². The largest absolute Gasteiger partial charge is 0.497 e. The molecule has 7 heteroatoms. The third-order valence-electron chi connectivity index (χ3n) is 3.95. The summed E-state index contributed by atoms with van der Waals surface area (Å²) >= 11 is 5.19. The van der Waals surface area contributed by atoms with Crippen LogP contribution in [0.3, 0.4) is 0 Å². The van der Waals surface area contributed by atoms with E-state index in [-0.39, 0.29) is 23.0 Å². The van der Waals surface area contributed by atoms with E-state index in [1.807, 2.05) is 13.8 Å². The van der Waals surface area contributed by atoms with Crippen molar-refractivity contribution in [2.45, 2.75) is 26.3 Å². The standard InChI is InChI=1S/C20H23N3O3S/c1-4-13(2)21-19(25)15-6-5-7-16(12-15)22-20(27)23-18(24)14-8-10-17(26-3)11-9-14/h5-13H,4H2,1-3H3,(H,21,25)(H2,22,23,24,27). The van der Waals surface area contributed by atoms with Crippen molar-refractivity contribution in [2.75, 3.05) is 12.4 Å². The maximum absolute atomic E-state index is 12.2. The fraction of sp³-hybridized carbons (Fsp3) is 0.250. The summed E-state index contributed by atoms with van der Waals surface area (Å²) in [5.41, 5.74) is 1.60. The summed E-state index contributed by atoms with van der Waals surface area (Å²) in [7, 11) is 1.56. The summed E-state index contributed by atoms with van der Waals surface area (Å²) in [6, 6.07) is 13.7. The maximum atomic E-state index is 12.2. The van der Waals surface area contributed by atoms with E-state index in [1.165, 1.54) is 0 Å². The summed E-state index contributed by atoms with van der Waals surface area (Å²) in [5, 5.41) is 8.59. The number of rotatable bonds is 6. The van der Waals surface area contributed by atoms with Crippen LogP contribution in [0.2, 0.25) is 0 Å². The molecule has 0 saturated heterocycles. The van der Waals surface area contributed by atoms with Crippen LogP contribution < -0.4 is 20.7 Å². The lowest BCUT2D eigenvalue weighted by atomic mass is 10.1. The first kappa shape index (κ1) is 20.4. The molecule has 142 valence electrons. The van der Waals surface area contributed by atoms with Crippen LogP contribution in [0.4, 0.5) is 5.69 Å². The van der Waals surface area contributed by atoms with Gasteiger partial charge in [0.05, 0.1) is 7.11 Å². The molecule has 0 aromatic heterocycles. The van der Waals surface area contributed by atoms with Crippen LogP contribution >= 0.6 is 12.2 Å². The van der Waals surface area contributed by atoms with Gasteiger partial charge >= 0.3 is 0 Å². The van der Waals surface area contributed by atoms with Crippen molar-refractivity contribution in [3.8, 4) is 5.75 Å². The second kappa shape index (κ2) is 9.68. The molecule has 0 radical (unpaired) electrons. The molecule has 0 bridgehead atoms. The Balaban J connectivity index is 1.97. The Kier molecular flexibility index (Phi) is 7.31. The average Bonchev–Trinajstić information content (AvgIpc) is 2.67. The highest BCUT2D eigenvalue weighted by atomic mass is 32.1. The minimum atomic E-state index is -0.333. The highest BCUT2D eigenvalue weighted by Crippen LogP contribution is 2.13. The topological polar surface area (TPSA) is 79.5 Å². The van der Waals surface area contributed by atoms with Gasteiger partial charge < -0.3 is 15.4 Å². The van der Waals surface area contributed by atoms with Gasteiger partial charge in [0.1, 0.15) is 5.75 Å². The van der Waals surface area contributed by atoms with Crippen molar-refractivity contribution in [1.29, 1.82) is 0 Å². The first-order valence-corrected chi connectivity index (χ1v) is 9.01. The van der Waals surface area contributed by atoms with Gasteiger partial charge in [0, 0.05) is 22.9 Å². The number of nitrogens with one attached hydrogen (secondary N) is 3. The van der Waals surface area contributed by atoms with Crippen molar-refractivity contribution in [1.82, 2.24) is 10.6 Å². The first-order chi connectivity index (χ1) is 12.9. The summed E-state index contributed by atoms with van der Waals surface area (Å²) in [5.74, 6) is 0.182. The summed E-state index contributed by atoms with van der Waals surface area (Å²) in [6.45, 7) is 3.96. The fourth-order valence-corrected chi connectivity index (χ4v) is 2.44. The molecule has 0 heterocycles. The Morgan fingerprint density at radius 3 is 2.41 bits per heavy atom. The maximum Gasteiger partial charge on any atom is 0.257 e. The molecule has 6 nitrogen and oxygen atoms in total. The Bertz CT molecular complexity index is 821. The number of hydrogen-bond donors (Lipinski definition) is 3. The third kappa shape index (κ3) is 6.07. The minimum Gasteiger partial charge on any atom is -0.497 e. The highest BCUT2D eigenvalue weighted by molar-refractivity contribution is 7.80. The van der Waals surface area contributed by atoms with Gasteiger partial charge in [-0.05, 0) is 68.0 Å². The molecule has 0 aliphatic carbocycles. The van der Waals surface area contributed by atoms with Gasteiger partial charge in [-0.2, -0.15) is 0 Å². The zero-order chi connectivity index (χ0) is 19.8. The third-order valence-corrected chi connectivity index (χ3v) is 4.16. The summed E-state index contributed by atoms with van der Waals surface area (Å²) in [6.07, 6.45) is 0.852. The molecule has 0 aliphatic heterocycles. The zero-order valence-corrected chi connectivity index (χ0v) is 16.4. The first-order valence-electron chi connectivity index (χ1n) is 8.60. The highest BCUT2D eigenvalue weighted by Gasteiger charge is 2.11. The molecule has 2 amide bonds. The van der Waals surface area contributed by atoms with Crippen molar-refractivity contribution >= 4 is 34.8 Å². The van der Waals surface area contributed by atoms with Gasteiger partial charge in [-0.15, -0.1) is 0 Å². The van der Waals surface area contributed by atoms with Crippen molar-refractivity contribution in [3.05, 3.63) is 59.7 Å². The van der Waals surface area contributed by atoms with Crippen LogP contribution in [-0.4, -0.2) is 30.1 Å². The van der Waals surface area contributed by atoms with Gasteiger partial charge in [-0.3, -0.25) is 14.9 Å². The second-order valence-electron chi connectivity index (χ2n) is 6.00. The van der Waals surface area contributed by atoms with E-state index in [0.717, 1.165) is 6.42 Å². The number of anilines is 1. The molecule has 0 saturated carbocycles. The smallest absolute Gasteiger partial charge is 0.257 e. The van der Waals surface area contributed by atoms with Crippen LogP contribution in [0.5, 0.6) is 5.75 Å². The number of benzene rings is 2. The lowest BCUT2D eigenvalue weighted by molar-refractivity contribution is 0.0937. The van der Waals surface area contributed by atoms with Gasteiger partial charge in [-0.25, -0.2) is 0 Å². The number of amides is 2. The normalized spacial score (nSPS) is 11.2. The molecule has 2 aromatic carbocycles. The van der Waals surface area contributed by atoms with Crippen molar-refractivity contribution in [3.63, 3.8) is 0 Å². The average molecular weight is 385 g/mol. The van der Waals surface area contributed by atoms with E-state index in [1.54, 1.807) is 55.6 Å². The van der Waals surface area contributed by atoms with Crippen LogP contribution in [0.1, 0.15) is 41.0 Å². The minimum absolute atomic E-state index is 0.0963. The number of ether oxygens (including phenoxy) is 1. The fourth-order valence-electron chi connectivity index (χ4n) is 2.23. The number of hydrogen-bond acceptors (Lipinski definition) is 4. The number of carbonyl (C=O) groups excluding carboxylic acids is 2. The molecular weight excluding hydrogens is 362 g/mol. The lowest BCUT2D eigenvalue weighted by Crippen LogP contribution is -2.34. The number of thiocarbonyl (C=S) groups is 1. The molecule has 0 spiro atoms. The van der Waals surface area contributed by atoms with Crippen LogP contribution in [0, 0.1) is 0 Å². The second-order valence-corrected chi connectivity index (χ2v) is 6.41. The summed E-state index contributed by atoms with van der Waals surface area (Å²) in [4.78, 5) is 24.4. The quantitative estimate of drug-likeness (QED) is 0.665. The monoisotopic (exact) mass is 385 g/mol. The molecule has 3 N–H and O–H groups in total. The molecule has 1 unspecified atom stereocenters. The Morgan fingerprint density at radius 1 is 1.07 bits per heavy atom. The van der Waals surface area contributed by atoms with E-state index < -0.39 is 0 Å². The van der Waals surface area contributed by atoms with Gasteiger partial charge in [-0.1, -0.05) is 13.0 Å². The van der Waals surface area contributed by atoms with Crippen molar-refractivity contribution in [2.24, 2.45) is 0 Å². The summed E-state index contributed by atoms with van der Waals surface area (Å²) < 4.78 is 5.07. The van der Waals surface area contributed by atoms with E-state index in [0.29, 0.717) is 22.6 Å². The predicted octanol–water partition coefficient (Wildman–Crippen LogP) is 3.35. The van der Waals surface area contributed by atoms with Gasteiger partial charge in [0.15, 0.2) is 5.11 Å². The van der Waals surface area contributed by atoms with E-state index in [4.69, 9.17) is 17.0 Å². The SMILES string of the molecule is CCC(C)NC(=O)c1cccc(NC(=S)NC(=O)c2ccc(OC)cc2)c1. The molecular formula is C20H23N3O3S. The molecule has 1 atom stereocenters. The van der Waals surface area contributed by atoms with Crippen LogP contribution in [0.15, 0.2) is 48.5 Å². The lowest BCUT2D eigenvalue weighted by Gasteiger charge is -2.13. The molecule has 2 aromatic rings. The van der Waals surface area contributed by atoms with Crippen LogP contribution in [0.25, 0.3) is 0 Å². The Morgan fingerprint density at radius 2 is 1.78 bits per heavy atom.